The second-order valence-electron chi connectivity index (χ2n) is 5.12. The summed E-state index contributed by atoms with van der Waals surface area (Å²) in [6, 6.07) is 14.7. The van der Waals surface area contributed by atoms with E-state index in [4.69, 9.17) is 4.74 Å². The molecule has 0 N–H and O–H groups in total. The van der Waals surface area contributed by atoms with Crippen molar-refractivity contribution in [2.75, 3.05) is 14.2 Å². The fourth-order valence-electron chi connectivity index (χ4n) is 2.27. The van der Waals surface area contributed by atoms with E-state index >= 15 is 0 Å². The minimum atomic E-state index is 0.881. The van der Waals surface area contributed by atoms with Crippen molar-refractivity contribution in [1.29, 1.82) is 0 Å². The van der Waals surface area contributed by atoms with Crippen LogP contribution in [-0.2, 0) is 13.1 Å². The van der Waals surface area contributed by atoms with Crippen molar-refractivity contribution in [3.8, 4) is 5.75 Å². The van der Waals surface area contributed by atoms with Crippen molar-refractivity contribution >= 4 is 15.9 Å². The molecule has 0 heterocycles. The second-order valence-corrected chi connectivity index (χ2v) is 5.97. The van der Waals surface area contributed by atoms with Crippen LogP contribution in [0.3, 0.4) is 0 Å². The molecule has 0 spiro atoms. The van der Waals surface area contributed by atoms with Gasteiger partial charge in [-0.15, -0.1) is 0 Å². The fraction of sp³-hybridized carbons (Fsp3) is 0.294. The van der Waals surface area contributed by atoms with Crippen molar-refractivity contribution in [3.05, 3.63) is 63.6 Å². The lowest BCUT2D eigenvalue weighted by atomic mass is 10.1. The summed E-state index contributed by atoms with van der Waals surface area (Å²) in [5.41, 5.74) is 3.88. The Kier molecular flexibility index (Phi) is 5.21. The van der Waals surface area contributed by atoms with Crippen molar-refractivity contribution in [2.45, 2.75) is 20.0 Å². The third kappa shape index (κ3) is 4.09. The molecule has 0 radical (unpaired) electrons. The van der Waals surface area contributed by atoms with Gasteiger partial charge in [-0.25, -0.2) is 0 Å². The predicted octanol–water partition coefficient (Wildman–Crippen LogP) is 4.40. The highest BCUT2D eigenvalue weighted by Gasteiger charge is 2.07. The molecular formula is C17H20BrNO. The summed E-state index contributed by atoms with van der Waals surface area (Å²) in [5, 5.41) is 0. The zero-order valence-electron chi connectivity index (χ0n) is 12.2. The molecule has 3 heteroatoms. The summed E-state index contributed by atoms with van der Waals surface area (Å²) < 4.78 is 6.41. The number of aryl methyl sites for hydroxylation is 1. The van der Waals surface area contributed by atoms with E-state index in [0.717, 1.165) is 23.3 Å². The third-order valence-corrected chi connectivity index (χ3v) is 4.00. The Balaban J connectivity index is 2.06. The van der Waals surface area contributed by atoms with Gasteiger partial charge in [0.2, 0.25) is 0 Å². The monoisotopic (exact) mass is 333 g/mol. The highest BCUT2D eigenvalue weighted by Crippen LogP contribution is 2.24. The average molecular weight is 334 g/mol. The maximum Gasteiger partial charge on any atom is 0.119 e. The van der Waals surface area contributed by atoms with Gasteiger partial charge in [0, 0.05) is 17.6 Å². The summed E-state index contributed by atoms with van der Waals surface area (Å²) in [6.45, 7) is 3.94. The molecule has 0 aliphatic heterocycles. The fourth-order valence-corrected chi connectivity index (χ4v) is 2.64. The van der Waals surface area contributed by atoms with Crippen molar-refractivity contribution in [1.82, 2.24) is 4.90 Å². The van der Waals surface area contributed by atoms with Crippen LogP contribution in [0.4, 0.5) is 0 Å². The van der Waals surface area contributed by atoms with Gasteiger partial charge in [0.25, 0.3) is 0 Å². The molecule has 0 saturated heterocycles. The molecular weight excluding hydrogens is 314 g/mol. The molecule has 0 amide bonds. The largest absolute Gasteiger partial charge is 0.497 e. The van der Waals surface area contributed by atoms with Gasteiger partial charge in [0.05, 0.1) is 7.11 Å². The number of hydrogen-bond donors (Lipinski definition) is 0. The standard InChI is InChI=1S/C17H20BrNO/c1-13-5-4-6-14(9-13)11-19(2)12-15-10-16(20-3)7-8-17(15)18/h4-10H,11-12H2,1-3H3. The zero-order valence-corrected chi connectivity index (χ0v) is 13.8. The molecule has 20 heavy (non-hydrogen) atoms. The summed E-state index contributed by atoms with van der Waals surface area (Å²) in [7, 11) is 3.83. The van der Waals surface area contributed by atoms with Gasteiger partial charge in [-0.05, 0) is 43.3 Å². The van der Waals surface area contributed by atoms with Gasteiger partial charge in [0.15, 0.2) is 0 Å². The summed E-state index contributed by atoms with van der Waals surface area (Å²) in [6.07, 6.45) is 0. The lowest BCUT2D eigenvalue weighted by Gasteiger charge is -2.18. The van der Waals surface area contributed by atoms with E-state index in [0.29, 0.717) is 0 Å². The zero-order chi connectivity index (χ0) is 14.5. The summed E-state index contributed by atoms with van der Waals surface area (Å²) in [5.74, 6) is 0.896. The van der Waals surface area contributed by atoms with Gasteiger partial charge in [-0.2, -0.15) is 0 Å². The summed E-state index contributed by atoms with van der Waals surface area (Å²) in [4.78, 5) is 2.30. The van der Waals surface area contributed by atoms with E-state index < -0.39 is 0 Å². The Morgan fingerprint density at radius 1 is 1.10 bits per heavy atom. The number of halogens is 1. The first-order valence-corrected chi connectivity index (χ1v) is 7.44. The molecule has 2 rings (SSSR count). The Morgan fingerprint density at radius 3 is 2.60 bits per heavy atom. The summed E-state index contributed by atoms with van der Waals surface area (Å²) >= 11 is 3.60. The van der Waals surface area contributed by atoms with Gasteiger partial charge >= 0.3 is 0 Å². The lowest BCUT2D eigenvalue weighted by Crippen LogP contribution is -2.17. The van der Waals surface area contributed by atoms with E-state index in [1.165, 1.54) is 16.7 Å². The number of methoxy groups -OCH3 is 1. The van der Waals surface area contributed by atoms with Gasteiger partial charge < -0.3 is 4.74 Å². The number of rotatable bonds is 5. The first-order valence-electron chi connectivity index (χ1n) is 6.65. The highest BCUT2D eigenvalue weighted by molar-refractivity contribution is 9.10. The number of nitrogens with zero attached hydrogens (tertiary/aromatic N) is 1. The van der Waals surface area contributed by atoms with E-state index in [1.54, 1.807) is 7.11 Å². The van der Waals surface area contributed by atoms with E-state index in [2.05, 4.69) is 65.1 Å². The van der Waals surface area contributed by atoms with Crippen LogP contribution in [0.25, 0.3) is 0 Å². The van der Waals surface area contributed by atoms with Crippen LogP contribution in [0.15, 0.2) is 46.9 Å². The Labute approximate surface area is 129 Å². The van der Waals surface area contributed by atoms with E-state index in [9.17, 15) is 0 Å². The molecule has 2 aromatic rings. The predicted molar refractivity (Wildman–Crippen MR) is 87.0 cm³/mol. The second kappa shape index (κ2) is 6.91. The molecule has 0 saturated carbocycles. The molecule has 0 aliphatic carbocycles. The smallest absolute Gasteiger partial charge is 0.119 e. The maximum absolute atomic E-state index is 5.29. The average Bonchev–Trinajstić information content (AvgIpc) is 2.41. The first-order chi connectivity index (χ1) is 9.58. The van der Waals surface area contributed by atoms with Gasteiger partial charge in [0.1, 0.15) is 5.75 Å². The maximum atomic E-state index is 5.29. The van der Waals surface area contributed by atoms with Crippen molar-refractivity contribution in [2.24, 2.45) is 0 Å². The number of benzene rings is 2. The Hall–Kier alpha value is -1.32. The van der Waals surface area contributed by atoms with E-state index in [1.807, 2.05) is 12.1 Å². The molecule has 0 atom stereocenters. The number of hydrogen-bond acceptors (Lipinski definition) is 2. The highest BCUT2D eigenvalue weighted by atomic mass is 79.9. The van der Waals surface area contributed by atoms with Crippen LogP contribution in [0.1, 0.15) is 16.7 Å². The molecule has 106 valence electrons. The van der Waals surface area contributed by atoms with Crippen molar-refractivity contribution < 1.29 is 4.74 Å². The van der Waals surface area contributed by atoms with Crippen LogP contribution in [0.5, 0.6) is 5.75 Å². The van der Waals surface area contributed by atoms with Crippen molar-refractivity contribution in [3.63, 3.8) is 0 Å². The molecule has 0 bridgehead atoms. The van der Waals surface area contributed by atoms with E-state index in [-0.39, 0.29) is 0 Å². The normalized spacial score (nSPS) is 10.8. The van der Waals surface area contributed by atoms with Crippen LogP contribution >= 0.6 is 15.9 Å². The van der Waals surface area contributed by atoms with Gasteiger partial charge in [-0.3, -0.25) is 4.90 Å². The minimum absolute atomic E-state index is 0.881. The molecule has 0 fully saturated rings. The lowest BCUT2D eigenvalue weighted by molar-refractivity contribution is 0.317. The van der Waals surface area contributed by atoms with Gasteiger partial charge in [-0.1, -0.05) is 45.8 Å². The van der Waals surface area contributed by atoms with Crippen LogP contribution < -0.4 is 4.74 Å². The van der Waals surface area contributed by atoms with Crippen LogP contribution in [0.2, 0.25) is 0 Å². The van der Waals surface area contributed by atoms with Crippen LogP contribution in [-0.4, -0.2) is 19.1 Å². The topological polar surface area (TPSA) is 12.5 Å². The number of ether oxygens (including phenoxy) is 1. The van der Waals surface area contributed by atoms with Crippen LogP contribution in [0, 0.1) is 6.92 Å². The first kappa shape index (κ1) is 15.1. The third-order valence-electron chi connectivity index (χ3n) is 3.23. The Bertz CT molecular complexity index is 583. The molecule has 2 nitrogen and oxygen atoms in total. The minimum Gasteiger partial charge on any atom is -0.497 e. The Morgan fingerprint density at radius 2 is 1.90 bits per heavy atom. The molecule has 2 aromatic carbocycles. The quantitative estimate of drug-likeness (QED) is 0.804. The molecule has 0 unspecified atom stereocenters. The molecule has 0 aromatic heterocycles. The SMILES string of the molecule is COc1ccc(Br)c(CN(C)Cc2cccc(C)c2)c1. The molecule has 0 aliphatic rings.